The summed E-state index contributed by atoms with van der Waals surface area (Å²) in [6, 6.07) is 6.16. The lowest BCUT2D eigenvalue weighted by molar-refractivity contribution is 0.0586. The summed E-state index contributed by atoms with van der Waals surface area (Å²) in [6.07, 6.45) is 1.86. The van der Waals surface area contributed by atoms with E-state index >= 15 is 0 Å². The summed E-state index contributed by atoms with van der Waals surface area (Å²) in [6.45, 7) is 4.03. The minimum Gasteiger partial charge on any atom is -0.349 e. The molecule has 2 unspecified atom stereocenters. The predicted octanol–water partition coefficient (Wildman–Crippen LogP) is 0.946. The highest BCUT2D eigenvalue weighted by atomic mass is 32.2. The van der Waals surface area contributed by atoms with Gasteiger partial charge in [-0.15, -0.1) is 0 Å². The number of carbonyl (C=O) groups is 1. The number of hydrogen-bond donors (Lipinski definition) is 2. The average molecular weight is 296 g/mol. The summed E-state index contributed by atoms with van der Waals surface area (Å²) >= 11 is 0. The highest BCUT2D eigenvalue weighted by Gasteiger charge is 2.46. The first-order valence-corrected chi connectivity index (χ1v) is 8.38. The van der Waals surface area contributed by atoms with Gasteiger partial charge in [-0.1, -0.05) is 19.9 Å². The van der Waals surface area contributed by atoms with Gasteiger partial charge in [-0.25, -0.2) is 8.42 Å². The van der Waals surface area contributed by atoms with Crippen molar-refractivity contribution in [2.45, 2.75) is 37.2 Å². The largest absolute Gasteiger partial charge is 0.349 e. The van der Waals surface area contributed by atoms with Gasteiger partial charge < -0.3 is 11.1 Å². The molecule has 3 N–H and O–H groups in total. The van der Waals surface area contributed by atoms with Crippen LogP contribution >= 0.6 is 0 Å². The van der Waals surface area contributed by atoms with E-state index in [2.05, 4.69) is 5.32 Å². The number of nitrogens with two attached hydrogens (primary N) is 1. The van der Waals surface area contributed by atoms with Crippen molar-refractivity contribution < 1.29 is 13.2 Å². The molecule has 0 spiro atoms. The zero-order chi connectivity index (χ0) is 15.1. The van der Waals surface area contributed by atoms with Gasteiger partial charge in [0.15, 0.2) is 9.84 Å². The van der Waals surface area contributed by atoms with Crippen LogP contribution < -0.4 is 11.1 Å². The van der Waals surface area contributed by atoms with Gasteiger partial charge in [0.25, 0.3) is 5.91 Å². The smallest absolute Gasteiger partial charge is 0.251 e. The van der Waals surface area contributed by atoms with Crippen molar-refractivity contribution >= 4 is 15.7 Å². The Morgan fingerprint density at radius 2 is 2.05 bits per heavy atom. The molecule has 1 aromatic rings. The number of rotatable bonds is 3. The van der Waals surface area contributed by atoms with Crippen LogP contribution in [0.4, 0.5) is 0 Å². The summed E-state index contributed by atoms with van der Waals surface area (Å²) in [4.78, 5) is 12.3. The Morgan fingerprint density at radius 3 is 2.55 bits per heavy atom. The molecule has 1 saturated carbocycles. The standard InChI is InChI=1S/C14H20N2O3S/c1-14(2)11(15)8-12(14)16-13(17)9-5-4-6-10(7-9)20(3,18)19/h4-7,11-12H,8,15H2,1-3H3,(H,16,17). The molecule has 6 heteroatoms. The van der Waals surface area contributed by atoms with Crippen molar-refractivity contribution in [3.8, 4) is 0 Å². The Bertz CT molecular complexity index is 638. The topological polar surface area (TPSA) is 89.3 Å². The molecule has 1 aromatic carbocycles. The van der Waals surface area contributed by atoms with Gasteiger partial charge in [-0.05, 0) is 24.6 Å². The van der Waals surface area contributed by atoms with Crippen LogP contribution in [0.1, 0.15) is 30.6 Å². The first-order chi connectivity index (χ1) is 9.12. The van der Waals surface area contributed by atoms with Crippen molar-refractivity contribution in [3.63, 3.8) is 0 Å². The molecule has 0 heterocycles. The molecule has 0 aromatic heterocycles. The van der Waals surface area contributed by atoms with E-state index in [9.17, 15) is 13.2 Å². The van der Waals surface area contributed by atoms with Crippen LogP contribution in [0.25, 0.3) is 0 Å². The van der Waals surface area contributed by atoms with Crippen LogP contribution in [0.5, 0.6) is 0 Å². The molecule has 1 aliphatic carbocycles. The van der Waals surface area contributed by atoms with E-state index < -0.39 is 9.84 Å². The minimum atomic E-state index is -3.31. The number of sulfone groups is 1. The van der Waals surface area contributed by atoms with E-state index in [0.29, 0.717) is 5.56 Å². The molecule has 110 valence electrons. The maximum absolute atomic E-state index is 12.2. The quantitative estimate of drug-likeness (QED) is 0.869. The third-order valence-electron chi connectivity index (χ3n) is 4.17. The fraction of sp³-hybridized carbons (Fsp3) is 0.500. The van der Waals surface area contributed by atoms with Crippen molar-refractivity contribution in [1.82, 2.24) is 5.32 Å². The molecule has 0 saturated heterocycles. The van der Waals surface area contributed by atoms with Gasteiger partial charge in [-0.2, -0.15) is 0 Å². The van der Waals surface area contributed by atoms with Gasteiger partial charge in [0.1, 0.15) is 0 Å². The molecule has 5 nitrogen and oxygen atoms in total. The van der Waals surface area contributed by atoms with Gasteiger partial charge >= 0.3 is 0 Å². The molecule has 20 heavy (non-hydrogen) atoms. The zero-order valence-corrected chi connectivity index (χ0v) is 12.7. The number of amides is 1. The lowest BCUT2D eigenvalue weighted by atomic mass is 9.63. The SMILES string of the molecule is CC1(C)C(N)CC1NC(=O)c1cccc(S(C)(=O)=O)c1. The van der Waals surface area contributed by atoms with Crippen LogP contribution in [-0.2, 0) is 9.84 Å². The molecule has 0 radical (unpaired) electrons. The molecular formula is C14H20N2O3S. The van der Waals surface area contributed by atoms with E-state index in [-0.39, 0.29) is 28.3 Å². The van der Waals surface area contributed by atoms with E-state index in [4.69, 9.17) is 5.73 Å². The number of benzene rings is 1. The highest BCUT2D eigenvalue weighted by Crippen LogP contribution is 2.39. The van der Waals surface area contributed by atoms with Gasteiger partial charge in [0, 0.05) is 29.3 Å². The third kappa shape index (κ3) is 2.71. The minimum absolute atomic E-state index is 0.0203. The van der Waals surface area contributed by atoms with Gasteiger partial charge in [-0.3, -0.25) is 4.79 Å². The fourth-order valence-corrected chi connectivity index (χ4v) is 2.98. The molecule has 1 amide bonds. The summed E-state index contributed by atoms with van der Waals surface area (Å²) in [5.74, 6) is -0.263. The summed E-state index contributed by atoms with van der Waals surface area (Å²) < 4.78 is 23.0. The van der Waals surface area contributed by atoms with E-state index in [1.807, 2.05) is 13.8 Å². The number of carbonyl (C=O) groups excluding carboxylic acids is 1. The molecule has 1 aliphatic rings. The summed E-state index contributed by atoms with van der Waals surface area (Å²) in [5.41, 5.74) is 6.13. The Balaban J connectivity index is 2.15. The predicted molar refractivity (Wildman–Crippen MR) is 77.2 cm³/mol. The Hall–Kier alpha value is -1.40. The second kappa shape index (κ2) is 4.86. The fourth-order valence-electron chi connectivity index (χ4n) is 2.31. The maximum atomic E-state index is 12.2. The summed E-state index contributed by atoms with van der Waals surface area (Å²) in [5, 5.41) is 2.92. The van der Waals surface area contributed by atoms with Crippen LogP contribution in [0.2, 0.25) is 0 Å². The van der Waals surface area contributed by atoms with Crippen molar-refractivity contribution in [3.05, 3.63) is 29.8 Å². The van der Waals surface area contributed by atoms with Crippen molar-refractivity contribution in [1.29, 1.82) is 0 Å². The van der Waals surface area contributed by atoms with Gasteiger partial charge in [0.2, 0.25) is 0 Å². The molecule has 2 rings (SSSR count). The zero-order valence-electron chi connectivity index (χ0n) is 11.9. The second-order valence-electron chi connectivity index (χ2n) is 5.99. The summed E-state index contributed by atoms with van der Waals surface area (Å²) in [7, 11) is -3.31. The Morgan fingerprint density at radius 1 is 1.40 bits per heavy atom. The molecule has 0 aliphatic heterocycles. The van der Waals surface area contributed by atoms with Gasteiger partial charge in [0.05, 0.1) is 4.90 Å². The average Bonchev–Trinajstić information content (AvgIpc) is 2.37. The first-order valence-electron chi connectivity index (χ1n) is 6.49. The number of hydrogen-bond acceptors (Lipinski definition) is 4. The maximum Gasteiger partial charge on any atom is 0.251 e. The lowest BCUT2D eigenvalue weighted by Gasteiger charge is -2.50. The first kappa shape index (κ1) is 15.0. The molecule has 2 atom stereocenters. The van der Waals surface area contributed by atoms with Crippen LogP contribution in [0.15, 0.2) is 29.2 Å². The van der Waals surface area contributed by atoms with Crippen molar-refractivity contribution in [2.24, 2.45) is 11.1 Å². The Kier molecular flexibility index (Phi) is 3.64. The monoisotopic (exact) mass is 296 g/mol. The van der Waals surface area contributed by atoms with E-state index in [1.54, 1.807) is 12.1 Å². The third-order valence-corrected chi connectivity index (χ3v) is 5.28. The molecular weight excluding hydrogens is 276 g/mol. The van der Waals surface area contributed by atoms with Crippen LogP contribution in [0.3, 0.4) is 0 Å². The molecule has 1 fully saturated rings. The highest BCUT2D eigenvalue weighted by molar-refractivity contribution is 7.90. The van der Waals surface area contributed by atoms with Crippen LogP contribution in [0, 0.1) is 5.41 Å². The van der Waals surface area contributed by atoms with E-state index in [0.717, 1.165) is 12.7 Å². The second-order valence-corrected chi connectivity index (χ2v) is 8.01. The molecule has 0 bridgehead atoms. The number of nitrogens with one attached hydrogen (secondary N) is 1. The Labute approximate surface area is 119 Å². The van der Waals surface area contributed by atoms with E-state index in [1.165, 1.54) is 12.1 Å². The lowest BCUT2D eigenvalue weighted by Crippen LogP contribution is -2.64. The normalized spacial score (nSPS) is 24.8. The van der Waals surface area contributed by atoms with Crippen molar-refractivity contribution in [2.75, 3.05) is 6.26 Å². The van der Waals surface area contributed by atoms with Crippen LogP contribution in [-0.4, -0.2) is 32.7 Å².